The molecular weight excluding hydrogens is 362 g/mol. The highest BCUT2D eigenvalue weighted by atomic mass is 16.7. The maximum Gasteiger partial charge on any atom is 0.408 e. The fourth-order valence-corrected chi connectivity index (χ4v) is 1.86. The van der Waals surface area contributed by atoms with Crippen molar-refractivity contribution in [2.45, 2.75) is 65.2 Å². The summed E-state index contributed by atoms with van der Waals surface area (Å²) in [5.74, 6) is -2.79. The Morgan fingerprint density at radius 3 is 2.04 bits per heavy atom. The van der Waals surface area contributed by atoms with E-state index >= 15 is 0 Å². The van der Waals surface area contributed by atoms with E-state index in [2.05, 4.69) is 15.5 Å². The first-order chi connectivity index (χ1) is 12.2. The van der Waals surface area contributed by atoms with Crippen LogP contribution in [0.3, 0.4) is 0 Å². The van der Waals surface area contributed by atoms with Crippen LogP contribution in [-0.4, -0.2) is 58.8 Å². The van der Waals surface area contributed by atoms with E-state index in [1.165, 1.54) is 0 Å². The molecule has 1 rings (SSSR count). The molecule has 0 aliphatic carbocycles. The second kappa shape index (κ2) is 8.23. The molecule has 1 aliphatic heterocycles. The molecule has 27 heavy (non-hydrogen) atoms. The molecule has 0 saturated carbocycles. The van der Waals surface area contributed by atoms with Crippen molar-refractivity contribution in [2.24, 2.45) is 0 Å². The lowest BCUT2D eigenvalue weighted by atomic mass is 10.2. The molecule has 1 heterocycles. The molecule has 0 unspecified atom stereocenters. The SMILES string of the molecule is CC(C)(C)OC(=O)NCC(=O)ON1C(=O)C[C@H](NC(=O)OC(C)(C)C)C1=O. The number of nitrogens with zero attached hydrogens (tertiary/aromatic N) is 1. The number of amides is 4. The van der Waals surface area contributed by atoms with E-state index in [0.29, 0.717) is 0 Å². The first kappa shape index (κ1) is 22.2. The van der Waals surface area contributed by atoms with Gasteiger partial charge >= 0.3 is 18.2 Å². The van der Waals surface area contributed by atoms with Crippen LogP contribution < -0.4 is 10.6 Å². The molecule has 0 aromatic rings. The third-order valence-electron chi connectivity index (χ3n) is 2.76. The minimum atomic E-state index is -1.21. The third kappa shape index (κ3) is 7.92. The van der Waals surface area contributed by atoms with Crippen molar-refractivity contribution in [2.75, 3.05) is 6.54 Å². The van der Waals surface area contributed by atoms with Crippen LogP contribution in [0.15, 0.2) is 0 Å². The van der Waals surface area contributed by atoms with Gasteiger partial charge in [0.05, 0.1) is 6.42 Å². The van der Waals surface area contributed by atoms with Crippen molar-refractivity contribution in [1.82, 2.24) is 15.7 Å². The van der Waals surface area contributed by atoms with Gasteiger partial charge in [0.25, 0.3) is 11.8 Å². The van der Waals surface area contributed by atoms with Gasteiger partial charge in [-0.05, 0) is 41.5 Å². The molecule has 1 saturated heterocycles. The first-order valence-corrected chi connectivity index (χ1v) is 8.22. The molecule has 1 atom stereocenters. The van der Waals surface area contributed by atoms with Crippen molar-refractivity contribution in [3.05, 3.63) is 0 Å². The standard InChI is InChI=1S/C16H25N3O8/c1-15(2,3)25-13(23)17-8-11(21)27-19-10(20)7-9(12(19)22)18-14(24)26-16(4,5)6/h9H,7-8H2,1-6H3,(H,17,23)(H,18,24)/t9-/m0/s1. The van der Waals surface area contributed by atoms with Crippen LogP contribution in [0.25, 0.3) is 0 Å². The Labute approximate surface area is 156 Å². The van der Waals surface area contributed by atoms with Crippen LogP contribution in [0.2, 0.25) is 0 Å². The third-order valence-corrected chi connectivity index (χ3v) is 2.76. The van der Waals surface area contributed by atoms with E-state index in [1.54, 1.807) is 41.5 Å². The van der Waals surface area contributed by atoms with Gasteiger partial charge in [-0.1, -0.05) is 0 Å². The minimum Gasteiger partial charge on any atom is -0.444 e. The molecular formula is C16H25N3O8. The van der Waals surface area contributed by atoms with E-state index in [1.807, 2.05) is 0 Å². The molecule has 0 radical (unpaired) electrons. The van der Waals surface area contributed by atoms with Gasteiger partial charge in [-0.3, -0.25) is 9.59 Å². The summed E-state index contributed by atoms with van der Waals surface area (Å²) in [4.78, 5) is 63.5. The molecule has 0 aromatic heterocycles. The highest BCUT2D eigenvalue weighted by Crippen LogP contribution is 2.15. The summed E-state index contributed by atoms with van der Waals surface area (Å²) in [6.45, 7) is 9.23. The Morgan fingerprint density at radius 1 is 1.00 bits per heavy atom. The topological polar surface area (TPSA) is 140 Å². The molecule has 0 aromatic carbocycles. The van der Waals surface area contributed by atoms with Crippen LogP contribution in [0, 0.1) is 0 Å². The largest absolute Gasteiger partial charge is 0.444 e. The first-order valence-electron chi connectivity index (χ1n) is 8.22. The van der Waals surface area contributed by atoms with E-state index in [-0.39, 0.29) is 11.5 Å². The van der Waals surface area contributed by atoms with E-state index in [0.717, 1.165) is 0 Å². The van der Waals surface area contributed by atoms with Crippen LogP contribution in [0.4, 0.5) is 9.59 Å². The minimum absolute atomic E-state index is 0.251. The Bertz CT molecular complexity index is 633. The number of imide groups is 1. The number of nitrogens with one attached hydrogen (secondary N) is 2. The van der Waals surface area contributed by atoms with Gasteiger partial charge in [-0.25, -0.2) is 14.4 Å². The van der Waals surface area contributed by atoms with Crippen LogP contribution in [-0.2, 0) is 28.7 Å². The smallest absolute Gasteiger partial charge is 0.408 e. The van der Waals surface area contributed by atoms with Crippen molar-refractivity contribution >= 4 is 30.0 Å². The molecule has 1 aliphatic rings. The molecule has 2 N–H and O–H groups in total. The maximum atomic E-state index is 12.1. The number of hydroxylamine groups is 2. The molecule has 4 amide bonds. The second-order valence-electron chi connectivity index (χ2n) is 7.75. The number of carbonyl (C=O) groups excluding carboxylic acids is 5. The van der Waals surface area contributed by atoms with Gasteiger partial charge in [-0.2, -0.15) is 0 Å². The van der Waals surface area contributed by atoms with Crippen molar-refractivity contribution < 1.29 is 38.3 Å². The summed E-state index contributed by atoms with van der Waals surface area (Å²) in [6.07, 6.45) is -2.12. The monoisotopic (exact) mass is 387 g/mol. The number of hydrogen-bond donors (Lipinski definition) is 2. The Kier molecular flexibility index (Phi) is 6.76. The van der Waals surface area contributed by atoms with Gasteiger partial charge < -0.3 is 24.9 Å². The predicted molar refractivity (Wildman–Crippen MR) is 90.0 cm³/mol. The Morgan fingerprint density at radius 2 is 1.52 bits per heavy atom. The lowest BCUT2D eigenvalue weighted by molar-refractivity contribution is -0.197. The van der Waals surface area contributed by atoms with Crippen LogP contribution in [0.5, 0.6) is 0 Å². The predicted octanol–water partition coefficient (Wildman–Crippen LogP) is 0.621. The second-order valence-corrected chi connectivity index (χ2v) is 7.75. The van der Waals surface area contributed by atoms with Gasteiger partial charge in [0.1, 0.15) is 23.8 Å². The van der Waals surface area contributed by atoms with E-state index in [4.69, 9.17) is 9.47 Å². The average molecular weight is 387 g/mol. The normalized spacial score (nSPS) is 17.4. The van der Waals surface area contributed by atoms with Gasteiger partial charge in [0.2, 0.25) is 0 Å². The fraction of sp³-hybridized carbons (Fsp3) is 0.688. The highest BCUT2D eigenvalue weighted by molar-refractivity contribution is 6.06. The molecule has 11 heteroatoms. The van der Waals surface area contributed by atoms with Gasteiger partial charge in [-0.15, -0.1) is 5.06 Å². The number of ether oxygens (including phenoxy) is 2. The van der Waals surface area contributed by atoms with Crippen molar-refractivity contribution in [1.29, 1.82) is 0 Å². The van der Waals surface area contributed by atoms with E-state index in [9.17, 15) is 24.0 Å². The molecule has 0 spiro atoms. The van der Waals surface area contributed by atoms with Crippen LogP contribution in [0.1, 0.15) is 48.0 Å². The summed E-state index contributed by atoms with van der Waals surface area (Å²) in [7, 11) is 0. The van der Waals surface area contributed by atoms with E-state index < -0.39 is 53.8 Å². The quantitative estimate of drug-likeness (QED) is 0.669. The zero-order valence-electron chi connectivity index (χ0n) is 16.2. The summed E-state index contributed by atoms with van der Waals surface area (Å²) < 4.78 is 9.94. The van der Waals surface area contributed by atoms with Crippen molar-refractivity contribution in [3.63, 3.8) is 0 Å². The Hall–Kier alpha value is -2.85. The summed E-state index contributed by atoms with van der Waals surface area (Å²) in [5, 5.41) is 4.63. The molecule has 0 bridgehead atoms. The molecule has 1 fully saturated rings. The number of hydrogen-bond acceptors (Lipinski definition) is 8. The fourth-order valence-electron chi connectivity index (χ4n) is 1.86. The zero-order chi connectivity index (χ0) is 21.0. The average Bonchev–Trinajstić information content (AvgIpc) is 2.69. The van der Waals surface area contributed by atoms with Gasteiger partial charge in [0.15, 0.2) is 0 Å². The molecule has 11 nitrogen and oxygen atoms in total. The molecule has 152 valence electrons. The number of alkyl carbamates (subject to hydrolysis) is 2. The summed E-state index contributed by atoms with van der Waals surface area (Å²) in [5.41, 5.74) is -1.54. The summed E-state index contributed by atoms with van der Waals surface area (Å²) in [6, 6.07) is -1.21. The summed E-state index contributed by atoms with van der Waals surface area (Å²) >= 11 is 0. The number of rotatable bonds is 4. The zero-order valence-corrected chi connectivity index (χ0v) is 16.2. The maximum absolute atomic E-state index is 12.1. The van der Waals surface area contributed by atoms with Crippen LogP contribution >= 0.6 is 0 Å². The van der Waals surface area contributed by atoms with Gasteiger partial charge in [0, 0.05) is 0 Å². The lowest BCUT2D eigenvalue weighted by Crippen LogP contribution is -2.45. The highest BCUT2D eigenvalue weighted by Gasteiger charge is 2.43. The lowest BCUT2D eigenvalue weighted by Gasteiger charge is -2.21. The Balaban J connectivity index is 2.52. The van der Waals surface area contributed by atoms with Crippen molar-refractivity contribution in [3.8, 4) is 0 Å². The number of carbonyl (C=O) groups is 5.